The van der Waals surface area contributed by atoms with Crippen LogP contribution in [0.25, 0.3) is 0 Å². The van der Waals surface area contributed by atoms with E-state index in [1.165, 1.54) is 28.3 Å². The highest BCUT2D eigenvalue weighted by molar-refractivity contribution is 6.47. The van der Waals surface area contributed by atoms with Crippen molar-refractivity contribution in [1.29, 1.82) is 0 Å². The third-order valence-corrected chi connectivity index (χ3v) is 6.76. The number of ketones is 1. The lowest BCUT2D eigenvalue weighted by Crippen LogP contribution is -2.42. The molecule has 0 saturated carbocycles. The zero-order chi connectivity index (χ0) is 27.9. The Morgan fingerprint density at radius 2 is 1.02 bits per heavy atom. The van der Waals surface area contributed by atoms with Crippen LogP contribution >= 0.6 is 0 Å². The summed E-state index contributed by atoms with van der Waals surface area (Å²) in [5, 5.41) is 5.85. The van der Waals surface area contributed by atoms with Crippen molar-refractivity contribution in [3.8, 4) is 0 Å². The summed E-state index contributed by atoms with van der Waals surface area (Å²) in [6.07, 6.45) is 4.88. The first kappa shape index (κ1) is 26.4. The molecule has 0 spiro atoms. The van der Waals surface area contributed by atoms with Crippen molar-refractivity contribution in [2.24, 2.45) is 4.99 Å². The minimum Gasteiger partial charge on any atom is -0.399 e. The molecular formula is C33H31N5O2. The van der Waals surface area contributed by atoms with E-state index >= 15 is 0 Å². The monoisotopic (exact) mass is 529 g/mol. The van der Waals surface area contributed by atoms with Gasteiger partial charge in [0.05, 0.1) is 11.4 Å². The topological polar surface area (TPSA) is 123 Å². The summed E-state index contributed by atoms with van der Waals surface area (Å²) < 4.78 is 0. The van der Waals surface area contributed by atoms with Crippen molar-refractivity contribution in [2.45, 2.75) is 25.7 Å². The number of aryl methyl sites for hydroxylation is 4. The highest BCUT2D eigenvalue weighted by Gasteiger charge is 2.24. The third-order valence-electron chi connectivity index (χ3n) is 6.76. The van der Waals surface area contributed by atoms with Gasteiger partial charge in [0.15, 0.2) is 5.84 Å². The van der Waals surface area contributed by atoms with E-state index in [0.717, 1.165) is 42.7 Å². The molecule has 0 bridgehead atoms. The van der Waals surface area contributed by atoms with Crippen molar-refractivity contribution in [2.75, 3.05) is 16.8 Å². The number of nitrogens with one attached hydrogen (secondary N) is 2. The second-order valence-corrected chi connectivity index (χ2v) is 9.81. The Balaban J connectivity index is 1.23. The summed E-state index contributed by atoms with van der Waals surface area (Å²) in [6.45, 7) is 0. The van der Waals surface area contributed by atoms with Gasteiger partial charge >= 0.3 is 0 Å². The van der Waals surface area contributed by atoms with Crippen LogP contribution in [0.15, 0.2) is 114 Å². The van der Waals surface area contributed by atoms with E-state index in [1.54, 1.807) is 0 Å². The number of amides is 1. The minimum atomic E-state index is -0.706. The van der Waals surface area contributed by atoms with Gasteiger partial charge in [0.2, 0.25) is 5.78 Å². The first-order valence-corrected chi connectivity index (χ1v) is 13.2. The van der Waals surface area contributed by atoms with Crippen LogP contribution in [0.2, 0.25) is 0 Å². The molecule has 0 aromatic heterocycles. The number of nitrogen functional groups attached to an aromatic ring is 2. The van der Waals surface area contributed by atoms with Crippen molar-refractivity contribution in [3.05, 3.63) is 131 Å². The summed E-state index contributed by atoms with van der Waals surface area (Å²) in [5.74, 6) is -1.03. The number of anilines is 3. The highest BCUT2D eigenvalue weighted by atomic mass is 16.2. The van der Waals surface area contributed by atoms with Crippen LogP contribution in [0.5, 0.6) is 0 Å². The number of hydrogen-bond acceptors (Lipinski definition) is 6. The summed E-state index contributed by atoms with van der Waals surface area (Å²) >= 11 is 0. The molecule has 0 fully saturated rings. The molecule has 0 saturated heterocycles. The Labute approximate surface area is 233 Å². The second kappa shape index (κ2) is 12.1. The highest BCUT2D eigenvalue weighted by Crippen LogP contribution is 2.20. The van der Waals surface area contributed by atoms with Gasteiger partial charge in [-0.1, -0.05) is 48.5 Å². The Hall–Kier alpha value is -5.17. The van der Waals surface area contributed by atoms with Crippen molar-refractivity contribution < 1.29 is 9.59 Å². The van der Waals surface area contributed by atoms with Crippen LogP contribution in [0.1, 0.15) is 22.3 Å². The number of carbonyl (C=O) groups is 2. The zero-order valence-corrected chi connectivity index (χ0v) is 22.1. The molecule has 1 aliphatic heterocycles. The van der Waals surface area contributed by atoms with Crippen molar-refractivity contribution >= 4 is 40.3 Å². The second-order valence-electron chi connectivity index (χ2n) is 9.81. The van der Waals surface area contributed by atoms with Crippen LogP contribution in [-0.2, 0) is 35.3 Å². The molecule has 0 unspecified atom stereocenters. The lowest BCUT2D eigenvalue weighted by molar-refractivity contribution is -0.134. The van der Waals surface area contributed by atoms with Gasteiger partial charge in [-0.25, -0.2) is 4.99 Å². The number of carbonyl (C=O) groups excluding carboxylic acids is 2. The third kappa shape index (κ3) is 7.02. The SMILES string of the molecule is Nc1ccc(CCc2ccc(N=C3NC(=O)C(=O)C=C3Nc3ccc(CCc4ccc(N)cc4)cc3)cc2)cc1. The largest absolute Gasteiger partial charge is 0.399 e. The lowest BCUT2D eigenvalue weighted by Gasteiger charge is -2.18. The number of benzene rings is 4. The van der Waals surface area contributed by atoms with Crippen LogP contribution in [0.4, 0.5) is 22.7 Å². The van der Waals surface area contributed by atoms with Gasteiger partial charge in [0.25, 0.3) is 5.91 Å². The molecule has 0 radical (unpaired) electrons. The smallest absolute Gasteiger partial charge is 0.297 e. The molecule has 0 atom stereocenters. The van der Waals surface area contributed by atoms with Gasteiger partial charge in [-0.3, -0.25) is 9.59 Å². The van der Waals surface area contributed by atoms with Gasteiger partial charge in [-0.2, -0.15) is 0 Å². The number of aliphatic imine (C=N–C) groups is 1. The fourth-order valence-corrected chi connectivity index (χ4v) is 4.41. The average molecular weight is 530 g/mol. The van der Waals surface area contributed by atoms with Gasteiger partial charge in [0, 0.05) is 23.1 Å². The molecule has 6 N–H and O–H groups in total. The zero-order valence-electron chi connectivity index (χ0n) is 22.1. The molecule has 1 amide bonds. The van der Waals surface area contributed by atoms with E-state index in [9.17, 15) is 9.59 Å². The molecule has 1 heterocycles. The predicted octanol–water partition coefficient (Wildman–Crippen LogP) is 5.15. The Morgan fingerprint density at radius 1 is 0.600 bits per heavy atom. The predicted molar refractivity (Wildman–Crippen MR) is 161 cm³/mol. The van der Waals surface area contributed by atoms with Gasteiger partial charge in [-0.05, 0) is 96.5 Å². The van der Waals surface area contributed by atoms with E-state index in [-0.39, 0.29) is 0 Å². The van der Waals surface area contributed by atoms with E-state index in [2.05, 4.69) is 15.6 Å². The number of hydrogen-bond donors (Lipinski definition) is 4. The maximum Gasteiger partial charge on any atom is 0.297 e. The minimum absolute atomic E-state index is 0.298. The fraction of sp³-hybridized carbons (Fsp3) is 0.121. The molecule has 7 heteroatoms. The Morgan fingerprint density at radius 3 is 1.50 bits per heavy atom. The van der Waals surface area contributed by atoms with Crippen molar-refractivity contribution in [3.63, 3.8) is 0 Å². The van der Waals surface area contributed by atoms with Crippen LogP contribution in [-0.4, -0.2) is 17.5 Å². The van der Waals surface area contributed by atoms with Crippen LogP contribution in [0.3, 0.4) is 0 Å². The quantitative estimate of drug-likeness (QED) is 0.177. The normalized spacial score (nSPS) is 14.1. The number of nitrogens with zero attached hydrogens (tertiary/aromatic N) is 1. The Kier molecular flexibility index (Phi) is 8.02. The van der Waals surface area contributed by atoms with Gasteiger partial charge in [0.1, 0.15) is 0 Å². The van der Waals surface area contributed by atoms with E-state index in [1.807, 2.05) is 97.1 Å². The van der Waals surface area contributed by atoms with Gasteiger partial charge < -0.3 is 22.1 Å². The van der Waals surface area contributed by atoms with E-state index in [4.69, 9.17) is 11.5 Å². The molecular weight excluding hydrogens is 498 g/mol. The first-order valence-electron chi connectivity index (χ1n) is 13.2. The molecule has 4 aromatic rings. The summed E-state index contributed by atoms with van der Waals surface area (Å²) in [4.78, 5) is 28.9. The van der Waals surface area contributed by atoms with Crippen molar-refractivity contribution in [1.82, 2.24) is 5.32 Å². The summed E-state index contributed by atoms with van der Waals surface area (Å²) in [5.41, 5.74) is 19.8. The molecule has 7 nitrogen and oxygen atoms in total. The van der Waals surface area contributed by atoms with Crippen LogP contribution < -0.4 is 22.1 Å². The average Bonchev–Trinajstić information content (AvgIpc) is 2.96. The number of rotatable bonds is 9. The number of nitrogens with two attached hydrogens (primary N) is 2. The van der Waals surface area contributed by atoms with Crippen LogP contribution in [0, 0.1) is 0 Å². The van der Waals surface area contributed by atoms with E-state index in [0.29, 0.717) is 17.2 Å². The molecule has 200 valence electrons. The van der Waals surface area contributed by atoms with E-state index < -0.39 is 11.7 Å². The molecule has 1 aliphatic rings. The van der Waals surface area contributed by atoms with Gasteiger partial charge in [-0.15, -0.1) is 0 Å². The molecule has 5 rings (SSSR count). The maximum atomic E-state index is 12.1. The standard InChI is InChI=1S/C33H31N5O2/c34-26-13-5-22(6-14-26)1-3-24-9-17-28(18-10-24)36-30-21-31(39)33(40)38-32(30)37-29-19-11-25(12-20-29)4-2-23-7-15-27(35)16-8-23/h5-21,36H,1-4,34-35H2,(H,37,38,40). The fourth-order valence-electron chi connectivity index (χ4n) is 4.41. The number of amidine groups is 1. The Bertz CT molecular complexity index is 1550. The first-order chi connectivity index (χ1) is 19.4. The summed E-state index contributed by atoms with van der Waals surface area (Å²) in [7, 11) is 0. The molecule has 0 aliphatic carbocycles. The molecule has 40 heavy (non-hydrogen) atoms. The molecule has 4 aromatic carbocycles. The lowest BCUT2D eigenvalue weighted by atomic mass is 10.0. The maximum absolute atomic E-state index is 12.1. The summed E-state index contributed by atoms with van der Waals surface area (Å²) in [6, 6.07) is 31.7.